The number of amides is 1. The van der Waals surface area contributed by atoms with Crippen LogP contribution in [-0.2, 0) is 4.79 Å². The van der Waals surface area contributed by atoms with Gasteiger partial charge in [0.25, 0.3) is 0 Å². The molecule has 25 heavy (non-hydrogen) atoms. The Morgan fingerprint density at radius 1 is 1.20 bits per heavy atom. The van der Waals surface area contributed by atoms with Crippen molar-refractivity contribution in [1.29, 1.82) is 0 Å². The van der Waals surface area contributed by atoms with Crippen LogP contribution in [0.4, 0.5) is 10.4 Å². The molecular formula is C18H22FN3O2S. The Morgan fingerprint density at radius 2 is 1.96 bits per heavy atom. The zero-order valence-corrected chi connectivity index (χ0v) is 14.9. The molecule has 1 aliphatic carbocycles. The molecule has 1 aromatic heterocycles. The number of rotatable bonds is 7. The van der Waals surface area contributed by atoms with Gasteiger partial charge in [0.1, 0.15) is 5.82 Å². The van der Waals surface area contributed by atoms with Gasteiger partial charge >= 0.3 is 6.01 Å². The van der Waals surface area contributed by atoms with Gasteiger partial charge in [0.05, 0.1) is 0 Å². The van der Waals surface area contributed by atoms with Crippen LogP contribution in [0.5, 0.6) is 0 Å². The normalized spacial score (nSPS) is 15.2. The number of carbonyl (C=O) groups excluding carboxylic acids is 1. The van der Waals surface area contributed by atoms with Crippen LogP contribution in [0.2, 0.25) is 0 Å². The van der Waals surface area contributed by atoms with E-state index < -0.39 is 0 Å². The molecule has 3 rings (SSSR count). The fourth-order valence-electron chi connectivity index (χ4n) is 2.93. The molecule has 0 radical (unpaired) electrons. The lowest BCUT2D eigenvalue weighted by Gasteiger charge is -2.17. The lowest BCUT2D eigenvalue weighted by Crippen LogP contribution is -2.11. The van der Waals surface area contributed by atoms with Crippen molar-refractivity contribution in [2.45, 2.75) is 55.8 Å². The van der Waals surface area contributed by atoms with Gasteiger partial charge in [-0.15, -0.1) is 16.9 Å². The van der Waals surface area contributed by atoms with Gasteiger partial charge in [0.2, 0.25) is 11.8 Å². The Kier molecular flexibility index (Phi) is 6.44. The summed E-state index contributed by atoms with van der Waals surface area (Å²) >= 11 is 1.60. The molecule has 0 saturated heterocycles. The third-order valence-electron chi connectivity index (χ3n) is 4.27. The zero-order chi connectivity index (χ0) is 17.5. The average molecular weight is 363 g/mol. The van der Waals surface area contributed by atoms with Crippen LogP contribution in [0.3, 0.4) is 0 Å². The monoisotopic (exact) mass is 363 g/mol. The lowest BCUT2D eigenvalue weighted by molar-refractivity contribution is -0.116. The standard InChI is InChI=1S/C18H22FN3O2S/c19-14-8-10-15(11-9-14)25-12-4-7-16(23)20-18-22-21-17(24-18)13-5-2-1-3-6-13/h8-11,13H,1-7,12H2,(H,20,22,23). The molecular weight excluding hydrogens is 341 g/mol. The number of benzene rings is 1. The molecule has 0 atom stereocenters. The molecule has 0 unspecified atom stereocenters. The van der Waals surface area contributed by atoms with Crippen LogP contribution >= 0.6 is 11.8 Å². The third-order valence-corrected chi connectivity index (χ3v) is 5.37. The number of halogens is 1. The number of anilines is 1. The summed E-state index contributed by atoms with van der Waals surface area (Å²) in [5, 5.41) is 10.7. The Balaban J connectivity index is 1.37. The van der Waals surface area contributed by atoms with Crippen LogP contribution in [0, 0.1) is 5.82 Å². The molecule has 1 saturated carbocycles. The Bertz CT molecular complexity index is 684. The van der Waals surface area contributed by atoms with Gasteiger partial charge in [-0.3, -0.25) is 10.1 Å². The number of carbonyl (C=O) groups is 1. The van der Waals surface area contributed by atoms with Gasteiger partial charge in [-0.05, 0) is 49.3 Å². The van der Waals surface area contributed by atoms with E-state index >= 15 is 0 Å². The highest BCUT2D eigenvalue weighted by Crippen LogP contribution is 2.32. The van der Waals surface area contributed by atoms with E-state index in [1.165, 1.54) is 31.4 Å². The summed E-state index contributed by atoms with van der Waals surface area (Å²) in [5.41, 5.74) is 0. The predicted molar refractivity (Wildman–Crippen MR) is 95.1 cm³/mol. The Hall–Kier alpha value is -1.89. The van der Waals surface area contributed by atoms with E-state index in [0.29, 0.717) is 18.2 Å². The van der Waals surface area contributed by atoms with E-state index in [-0.39, 0.29) is 17.7 Å². The highest BCUT2D eigenvalue weighted by atomic mass is 32.2. The molecule has 5 nitrogen and oxygen atoms in total. The van der Waals surface area contributed by atoms with Crippen LogP contribution in [0.15, 0.2) is 33.6 Å². The van der Waals surface area contributed by atoms with E-state index in [1.807, 2.05) is 0 Å². The summed E-state index contributed by atoms with van der Waals surface area (Å²) < 4.78 is 18.4. The first kappa shape index (κ1) is 17.9. The average Bonchev–Trinajstić information content (AvgIpc) is 3.09. The van der Waals surface area contributed by atoms with Gasteiger partial charge < -0.3 is 4.42 Å². The molecule has 0 aliphatic heterocycles. The minimum atomic E-state index is -0.240. The van der Waals surface area contributed by atoms with Crippen molar-refractivity contribution < 1.29 is 13.6 Å². The highest BCUT2D eigenvalue weighted by Gasteiger charge is 2.21. The maximum Gasteiger partial charge on any atom is 0.322 e. The summed E-state index contributed by atoms with van der Waals surface area (Å²) in [7, 11) is 0. The first-order valence-electron chi connectivity index (χ1n) is 8.72. The molecule has 1 N–H and O–H groups in total. The van der Waals surface area contributed by atoms with Crippen molar-refractivity contribution in [3.8, 4) is 0 Å². The number of aromatic nitrogens is 2. The summed E-state index contributed by atoms with van der Waals surface area (Å²) in [6.45, 7) is 0. The van der Waals surface area contributed by atoms with E-state index in [4.69, 9.17) is 4.42 Å². The van der Waals surface area contributed by atoms with Crippen molar-refractivity contribution in [2.24, 2.45) is 0 Å². The second-order valence-corrected chi connectivity index (χ2v) is 7.40. The van der Waals surface area contributed by atoms with Crippen molar-refractivity contribution in [3.63, 3.8) is 0 Å². The topological polar surface area (TPSA) is 68.0 Å². The molecule has 1 fully saturated rings. The molecule has 0 bridgehead atoms. The van der Waals surface area contributed by atoms with Crippen molar-refractivity contribution in [1.82, 2.24) is 10.2 Å². The Labute approximate surface area is 150 Å². The zero-order valence-electron chi connectivity index (χ0n) is 14.0. The second kappa shape index (κ2) is 8.99. The first-order chi connectivity index (χ1) is 12.2. The number of thioether (sulfide) groups is 1. The molecule has 0 spiro atoms. The molecule has 1 amide bonds. The van der Waals surface area contributed by atoms with Crippen molar-refractivity contribution in [3.05, 3.63) is 36.0 Å². The van der Waals surface area contributed by atoms with Gasteiger partial charge in [0.15, 0.2) is 0 Å². The fraction of sp³-hybridized carbons (Fsp3) is 0.500. The van der Waals surface area contributed by atoms with Crippen molar-refractivity contribution in [2.75, 3.05) is 11.1 Å². The van der Waals surface area contributed by atoms with E-state index in [9.17, 15) is 9.18 Å². The van der Waals surface area contributed by atoms with Gasteiger partial charge in [-0.25, -0.2) is 4.39 Å². The van der Waals surface area contributed by atoms with Gasteiger partial charge in [0, 0.05) is 17.2 Å². The number of nitrogens with zero attached hydrogens (tertiary/aromatic N) is 2. The third kappa shape index (κ3) is 5.56. The van der Waals surface area contributed by atoms with E-state index in [1.54, 1.807) is 23.9 Å². The summed E-state index contributed by atoms with van der Waals surface area (Å²) in [6, 6.07) is 6.55. The molecule has 2 aromatic rings. The lowest BCUT2D eigenvalue weighted by atomic mass is 9.89. The van der Waals surface area contributed by atoms with Crippen molar-refractivity contribution >= 4 is 23.7 Å². The minimum Gasteiger partial charge on any atom is -0.408 e. The summed E-state index contributed by atoms with van der Waals surface area (Å²) in [5.74, 6) is 1.39. The smallest absolute Gasteiger partial charge is 0.322 e. The molecule has 1 aliphatic rings. The quantitative estimate of drug-likeness (QED) is 0.567. The van der Waals surface area contributed by atoms with Crippen LogP contribution < -0.4 is 5.32 Å². The molecule has 1 aromatic carbocycles. The number of hydrogen-bond acceptors (Lipinski definition) is 5. The fourth-order valence-corrected chi connectivity index (χ4v) is 3.79. The molecule has 134 valence electrons. The number of nitrogens with one attached hydrogen (secondary N) is 1. The summed E-state index contributed by atoms with van der Waals surface area (Å²) in [6.07, 6.45) is 6.92. The second-order valence-electron chi connectivity index (χ2n) is 6.23. The SMILES string of the molecule is O=C(CCCSc1ccc(F)cc1)Nc1nnc(C2CCCCC2)o1. The highest BCUT2D eigenvalue weighted by molar-refractivity contribution is 7.99. The Morgan fingerprint density at radius 3 is 2.72 bits per heavy atom. The van der Waals surface area contributed by atoms with Crippen LogP contribution in [0.1, 0.15) is 56.8 Å². The van der Waals surface area contributed by atoms with E-state index in [0.717, 1.165) is 29.9 Å². The maximum absolute atomic E-state index is 12.8. The van der Waals surface area contributed by atoms with Crippen LogP contribution in [0.25, 0.3) is 0 Å². The maximum atomic E-state index is 12.8. The largest absolute Gasteiger partial charge is 0.408 e. The van der Waals surface area contributed by atoms with Gasteiger partial charge in [-0.2, -0.15) is 0 Å². The van der Waals surface area contributed by atoms with E-state index in [2.05, 4.69) is 15.5 Å². The van der Waals surface area contributed by atoms with Gasteiger partial charge in [-0.1, -0.05) is 24.4 Å². The summed E-state index contributed by atoms with van der Waals surface area (Å²) in [4.78, 5) is 13.0. The molecule has 1 heterocycles. The minimum absolute atomic E-state index is 0.126. The molecule has 7 heteroatoms. The van der Waals surface area contributed by atoms with Crippen LogP contribution in [-0.4, -0.2) is 21.9 Å². The predicted octanol–water partition coefficient (Wildman–Crippen LogP) is 4.77. The number of hydrogen-bond donors (Lipinski definition) is 1. The first-order valence-corrected chi connectivity index (χ1v) is 9.71.